The molecular formula is C33H36N6O2. The number of carbonyl (C=O) groups is 1. The van der Waals surface area contributed by atoms with Gasteiger partial charge >= 0.3 is 0 Å². The Labute approximate surface area is 240 Å². The molecule has 2 saturated carbocycles. The molecular weight excluding hydrogens is 512 g/mol. The van der Waals surface area contributed by atoms with Gasteiger partial charge in [0.25, 0.3) is 0 Å². The molecule has 7 rings (SSSR count). The molecule has 2 aromatic carbocycles. The summed E-state index contributed by atoms with van der Waals surface area (Å²) in [4.78, 5) is 27.0. The minimum atomic E-state index is 0.140. The van der Waals surface area contributed by atoms with E-state index in [-0.39, 0.29) is 11.8 Å². The van der Waals surface area contributed by atoms with Gasteiger partial charge in [-0.05, 0) is 74.4 Å². The summed E-state index contributed by atoms with van der Waals surface area (Å²) in [6.07, 6.45) is 10.6. The van der Waals surface area contributed by atoms with Crippen molar-refractivity contribution in [2.75, 3.05) is 23.7 Å². The summed E-state index contributed by atoms with van der Waals surface area (Å²) in [5.74, 6) is 3.40. The number of piperidine rings is 1. The van der Waals surface area contributed by atoms with Crippen molar-refractivity contribution < 1.29 is 9.53 Å². The third-order valence-electron chi connectivity index (χ3n) is 8.93. The highest BCUT2D eigenvalue weighted by Gasteiger charge is 2.48. The lowest BCUT2D eigenvalue weighted by molar-refractivity contribution is -0.117. The van der Waals surface area contributed by atoms with E-state index in [2.05, 4.69) is 32.0 Å². The van der Waals surface area contributed by atoms with Crippen LogP contribution in [0.3, 0.4) is 0 Å². The van der Waals surface area contributed by atoms with Crippen molar-refractivity contribution in [2.45, 2.75) is 51.5 Å². The molecule has 0 bridgehead atoms. The van der Waals surface area contributed by atoms with Gasteiger partial charge in [-0.15, -0.1) is 0 Å². The van der Waals surface area contributed by atoms with Crippen LogP contribution >= 0.6 is 0 Å². The predicted octanol–water partition coefficient (Wildman–Crippen LogP) is 6.33. The average Bonchev–Trinajstić information content (AvgIpc) is 3.75. The van der Waals surface area contributed by atoms with Crippen molar-refractivity contribution in [2.24, 2.45) is 17.8 Å². The van der Waals surface area contributed by atoms with Crippen LogP contribution in [0.5, 0.6) is 11.6 Å². The number of ether oxygens (including phenoxy) is 1. The zero-order valence-electron chi connectivity index (χ0n) is 23.4. The maximum absolute atomic E-state index is 13.1. The molecule has 3 atom stereocenters. The average molecular weight is 549 g/mol. The smallest absolute Gasteiger partial charge is 0.228 e. The van der Waals surface area contributed by atoms with Crippen molar-refractivity contribution in [3.05, 3.63) is 66.5 Å². The molecule has 3 fully saturated rings. The molecule has 0 radical (unpaired) electrons. The van der Waals surface area contributed by atoms with E-state index in [9.17, 15) is 4.79 Å². The van der Waals surface area contributed by atoms with Crippen LogP contribution in [0.15, 0.2) is 60.9 Å². The molecule has 2 aliphatic carbocycles. The number of amides is 1. The number of carbonyl (C=O) groups excluding carboxylic acids is 1. The fraction of sp³-hybridized carbons (Fsp3) is 0.394. The number of hydrogen-bond donors (Lipinski definition) is 3. The van der Waals surface area contributed by atoms with E-state index in [1.807, 2.05) is 49.4 Å². The molecule has 1 aliphatic heterocycles. The molecule has 3 N–H and O–H groups in total. The molecule has 1 amide bonds. The molecule has 3 heterocycles. The first-order valence-electron chi connectivity index (χ1n) is 14.9. The number of anilines is 2. The predicted molar refractivity (Wildman–Crippen MR) is 161 cm³/mol. The Kier molecular flexibility index (Phi) is 7.00. The third-order valence-corrected chi connectivity index (χ3v) is 8.93. The number of hydrogen-bond acceptors (Lipinski definition) is 7. The Balaban J connectivity index is 1.15. The minimum absolute atomic E-state index is 0.140. The molecule has 3 aliphatic rings. The highest BCUT2D eigenvalue weighted by Crippen LogP contribution is 2.52. The summed E-state index contributed by atoms with van der Waals surface area (Å²) < 4.78 is 6.57. The summed E-state index contributed by atoms with van der Waals surface area (Å²) in [7, 11) is 0. The normalized spacial score (nSPS) is 22.1. The van der Waals surface area contributed by atoms with Gasteiger partial charge in [-0.1, -0.05) is 43.5 Å². The molecule has 1 unspecified atom stereocenters. The number of aromatic nitrogens is 3. The van der Waals surface area contributed by atoms with E-state index in [1.54, 1.807) is 12.4 Å². The number of fused-ring (bicyclic) bond motifs is 1. The van der Waals surface area contributed by atoms with Gasteiger partial charge in [0.1, 0.15) is 5.75 Å². The second kappa shape index (κ2) is 11.1. The van der Waals surface area contributed by atoms with E-state index >= 15 is 0 Å². The van der Waals surface area contributed by atoms with Gasteiger partial charge in [0.2, 0.25) is 17.7 Å². The van der Waals surface area contributed by atoms with Crippen molar-refractivity contribution in [1.82, 2.24) is 20.3 Å². The Morgan fingerprint density at radius 2 is 1.90 bits per heavy atom. The van der Waals surface area contributed by atoms with Crippen LogP contribution in [-0.4, -0.2) is 40.0 Å². The fourth-order valence-corrected chi connectivity index (χ4v) is 6.31. The highest BCUT2D eigenvalue weighted by molar-refractivity contribution is 6.05. The van der Waals surface area contributed by atoms with E-state index in [0.717, 1.165) is 77.3 Å². The zero-order chi connectivity index (χ0) is 27.8. The van der Waals surface area contributed by atoms with Gasteiger partial charge in [0, 0.05) is 47.4 Å². The third kappa shape index (κ3) is 5.36. The first kappa shape index (κ1) is 25.9. The van der Waals surface area contributed by atoms with Crippen molar-refractivity contribution >= 4 is 28.3 Å². The van der Waals surface area contributed by atoms with Crippen LogP contribution in [0.1, 0.15) is 44.1 Å². The SMILES string of the molecule is Cc1ccc2c(NC(=O)[C@@H]3CC3C3CCC3)cccc2c1Oc1ncccc1-c1ccnc(N[C@H]2CCCNC2)n1. The largest absolute Gasteiger partial charge is 0.437 e. The summed E-state index contributed by atoms with van der Waals surface area (Å²) in [5, 5.41) is 12.0. The molecule has 8 nitrogen and oxygen atoms in total. The Morgan fingerprint density at radius 1 is 0.976 bits per heavy atom. The number of rotatable bonds is 8. The number of benzene rings is 2. The van der Waals surface area contributed by atoms with Crippen molar-refractivity contribution in [1.29, 1.82) is 0 Å². The lowest BCUT2D eigenvalue weighted by atomic mass is 9.81. The summed E-state index contributed by atoms with van der Waals surface area (Å²) in [6.45, 7) is 3.98. The second-order valence-electron chi connectivity index (χ2n) is 11.7. The Hall–Kier alpha value is -4.04. The quantitative estimate of drug-likeness (QED) is 0.236. The molecule has 4 aromatic rings. The maximum atomic E-state index is 13.1. The van der Waals surface area contributed by atoms with Crippen LogP contribution < -0.4 is 20.7 Å². The van der Waals surface area contributed by atoms with Crippen molar-refractivity contribution in [3.8, 4) is 22.9 Å². The lowest BCUT2D eigenvalue weighted by Crippen LogP contribution is -2.38. The Bertz CT molecular complexity index is 1580. The monoisotopic (exact) mass is 548 g/mol. The van der Waals surface area contributed by atoms with E-state index in [0.29, 0.717) is 23.8 Å². The number of nitrogens with zero attached hydrogens (tertiary/aromatic N) is 3. The van der Waals surface area contributed by atoms with Gasteiger partial charge in [-0.25, -0.2) is 15.0 Å². The summed E-state index contributed by atoms with van der Waals surface area (Å²) in [5.41, 5.74) is 3.34. The topological polar surface area (TPSA) is 101 Å². The van der Waals surface area contributed by atoms with Gasteiger partial charge in [-0.2, -0.15) is 0 Å². The maximum Gasteiger partial charge on any atom is 0.228 e. The molecule has 0 spiro atoms. The standard InChI is InChI=1S/C33H36N6O2/c1-20-12-13-23-24(9-3-11-28(23)38-31(40)27-18-26(27)21-6-2-7-21)30(20)41-32-25(10-5-16-35-32)29-14-17-36-33(39-29)37-22-8-4-15-34-19-22/h3,5,9-14,16-17,21-22,26-27,34H,2,4,6-8,15,18-19H2,1H3,(H,38,40)(H,36,37,39)/t22-,26?,27+/m0/s1. The highest BCUT2D eigenvalue weighted by atomic mass is 16.5. The van der Waals surface area contributed by atoms with Gasteiger partial charge in [-0.3, -0.25) is 4.79 Å². The second-order valence-corrected chi connectivity index (χ2v) is 11.7. The minimum Gasteiger partial charge on any atom is -0.437 e. The number of aryl methyl sites for hydroxylation is 1. The van der Waals surface area contributed by atoms with Crippen LogP contribution in [-0.2, 0) is 4.79 Å². The molecule has 210 valence electrons. The molecule has 8 heteroatoms. The lowest BCUT2D eigenvalue weighted by Gasteiger charge is -2.25. The van der Waals surface area contributed by atoms with Crippen LogP contribution in [0.2, 0.25) is 0 Å². The number of pyridine rings is 1. The molecule has 2 aromatic heterocycles. The van der Waals surface area contributed by atoms with Crippen molar-refractivity contribution in [3.63, 3.8) is 0 Å². The van der Waals surface area contributed by atoms with Crippen LogP contribution in [0, 0.1) is 24.7 Å². The van der Waals surface area contributed by atoms with Gasteiger partial charge < -0.3 is 20.7 Å². The van der Waals surface area contributed by atoms with Gasteiger partial charge in [0.15, 0.2) is 0 Å². The zero-order valence-corrected chi connectivity index (χ0v) is 23.4. The first-order chi connectivity index (χ1) is 20.1. The van der Waals surface area contributed by atoms with Crippen LogP contribution in [0.4, 0.5) is 11.6 Å². The summed E-state index contributed by atoms with van der Waals surface area (Å²) in [6, 6.07) is 16.1. The van der Waals surface area contributed by atoms with Gasteiger partial charge in [0.05, 0.1) is 11.3 Å². The van der Waals surface area contributed by atoms with Crippen LogP contribution in [0.25, 0.3) is 22.0 Å². The van der Waals surface area contributed by atoms with E-state index in [1.165, 1.54) is 19.3 Å². The molecule has 41 heavy (non-hydrogen) atoms. The fourth-order valence-electron chi connectivity index (χ4n) is 6.31. The summed E-state index contributed by atoms with van der Waals surface area (Å²) >= 11 is 0. The van der Waals surface area contributed by atoms with E-state index < -0.39 is 0 Å². The van der Waals surface area contributed by atoms with E-state index in [4.69, 9.17) is 9.72 Å². The molecule has 1 saturated heterocycles. The number of nitrogens with one attached hydrogen (secondary N) is 3. The first-order valence-corrected chi connectivity index (χ1v) is 14.9. The Morgan fingerprint density at radius 3 is 2.73 bits per heavy atom.